The number of aromatic nitrogens is 1. The minimum atomic E-state index is -0.00878. The Labute approximate surface area is 149 Å². The summed E-state index contributed by atoms with van der Waals surface area (Å²) in [5.74, 6) is 0.0172. The van der Waals surface area contributed by atoms with E-state index in [4.69, 9.17) is 0 Å². The molecule has 0 aliphatic rings. The lowest BCUT2D eigenvalue weighted by molar-refractivity contribution is -0.116. The van der Waals surface area contributed by atoms with Crippen LogP contribution in [0.25, 0.3) is 0 Å². The molecule has 128 valence electrons. The summed E-state index contributed by atoms with van der Waals surface area (Å²) in [5, 5.41) is 3.01. The van der Waals surface area contributed by atoms with Crippen molar-refractivity contribution in [1.29, 1.82) is 0 Å². The molecule has 1 heterocycles. The number of nitrogens with one attached hydrogen (secondary N) is 1. The average Bonchev–Trinajstić information content (AvgIpc) is 3.15. The number of benzene rings is 2. The van der Waals surface area contributed by atoms with Crippen LogP contribution in [0, 0.1) is 6.92 Å². The molecule has 2 aromatic carbocycles. The highest BCUT2D eigenvalue weighted by Gasteiger charge is 2.17. The molecule has 3 heteroatoms. The van der Waals surface area contributed by atoms with Crippen molar-refractivity contribution in [3.05, 3.63) is 89.7 Å². The van der Waals surface area contributed by atoms with Crippen molar-refractivity contribution in [2.75, 3.05) is 5.32 Å². The van der Waals surface area contributed by atoms with Gasteiger partial charge in [-0.15, -0.1) is 0 Å². The zero-order valence-corrected chi connectivity index (χ0v) is 14.8. The minimum Gasteiger partial charge on any atom is -0.346 e. The van der Waals surface area contributed by atoms with Gasteiger partial charge in [0, 0.05) is 18.1 Å². The van der Waals surface area contributed by atoms with Crippen LogP contribution in [0.5, 0.6) is 0 Å². The van der Waals surface area contributed by atoms with Crippen LogP contribution in [0.3, 0.4) is 0 Å². The summed E-state index contributed by atoms with van der Waals surface area (Å²) in [6, 6.07) is 20.4. The molecule has 1 aromatic heterocycles. The van der Waals surface area contributed by atoms with Gasteiger partial charge in [-0.3, -0.25) is 4.79 Å². The van der Waals surface area contributed by atoms with E-state index in [9.17, 15) is 4.79 Å². The maximum Gasteiger partial charge on any atom is 0.226 e. The van der Waals surface area contributed by atoms with Crippen LogP contribution in [-0.2, 0) is 11.2 Å². The van der Waals surface area contributed by atoms with Gasteiger partial charge in [0.05, 0.1) is 12.5 Å². The number of nitrogens with zero attached hydrogens (tertiary/aromatic N) is 1. The van der Waals surface area contributed by atoms with Crippen molar-refractivity contribution in [3.8, 4) is 0 Å². The van der Waals surface area contributed by atoms with Gasteiger partial charge in [-0.05, 0) is 48.7 Å². The van der Waals surface area contributed by atoms with E-state index in [1.807, 2.05) is 36.7 Å². The zero-order chi connectivity index (χ0) is 17.6. The molecule has 0 unspecified atom stereocenters. The van der Waals surface area contributed by atoms with E-state index < -0.39 is 0 Å². The third-order valence-electron chi connectivity index (χ3n) is 4.47. The van der Waals surface area contributed by atoms with Crippen molar-refractivity contribution >= 4 is 11.6 Å². The van der Waals surface area contributed by atoms with Gasteiger partial charge in [0.25, 0.3) is 0 Å². The Bertz CT molecular complexity index is 802. The molecule has 1 N–H and O–H groups in total. The van der Waals surface area contributed by atoms with Crippen LogP contribution < -0.4 is 5.32 Å². The first-order chi connectivity index (χ1) is 12.2. The molecule has 3 rings (SSSR count). The first-order valence-corrected chi connectivity index (χ1v) is 8.73. The number of carbonyl (C=O) groups excluding carboxylic acids is 1. The van der Waals surface area contributed by atoms with Gasteiger partial charge in [-0.1, -0.05) is 48.9 Å². The van der Waals surface area contributed by atoms with Crippen LogP contribution >= 0.6 is 0 Å². The second-order valence-corrected chi connectivity index (χ2v) is 6.36. The molecule has 0 spiro atoms. The molecule has 0 radical (unpaired) electrons. The van der Waals surface area contributed by atoms with Crippen molar-refractivity contribution in [2.24, 2.45) is 0 Å². The molecule has 25 heavy (non-hydrogen) atoms. The Morgan fingerprint density at radius 1 is 1.00 bits per heavy atom. The molecular formula is C22H24N2O. The number of hydrogen-bond acceptors (Lipinski definition) is 1. The average molecular weight is 332 g/mol. The Balaban J connectivity index is 1.75. The predicted octanol–water partition coefficient (Wildman–Crippen LogP) is 4.98. The second-order valence-electron chi connectivity index (χ2n) is 6.36. The topological polar surface area (TPSA) is 34.0 Å². The van der Waals surface area contributed by atoms with Gasteiger partial charge in [0.2, 0.25) is 5.91 Å². The highest BCUT2D eigenvalue weighted by molar-refractivity contribution is 5.91. The van der Waals surface area contributed by atoms with Gasteiger partial charge in [0.15, 0.2) is 0 Å². The number of aryl methyl sites for hydroxylation is 2. The maximum absolute atomic E-state index is 12.6. The van der Waals surface area contributed by atoms with E-state index in [1.165, 1.54) is 11.1 Å². The van der Waals surface area contributed by atoms with Crippen molar-refractivity contribution in [1.82, 2.24) is 4.57 Å². The lowest BCUT2D eigenvalue weighted by Crippen LogP contribution is -2.19. The van der Waals surface area contributed by atoms with Crippen molar-refractivity contribution in [2.45, 2.75) is 32.7 Å². The molecule has 0 fully saturated rings. The largest absolute Gasteiger partial charge is 0.346 e. The summed E-state index contributed by atoms with van der Waals surface area (Å²) in [6.07, 6.45) is 5.41. The van der Waals surface area contributed by atoms with E-state index >= 15 is 0 Å². The summed E-state index contributed by atoms with van der Waals surface area (Å²) in [6.45, 7) is 4.19. The first-order valence-electron chi connectivity index (χ1n) is 8.73. The third kappa shape index (κ3) is 4.38. The standard InChI is InChI=1S/C22H24N2O/c1-3-18-8-12-20(13-9-18)23-22(25)16-21(24-14-4-5-15-24)19-10-6-17(2)7-11-19/h4-15,21H,3,16H2,1-2H3,(H,23,25)/t21-/m0/s1. The highest BCUT2D eigenvalue weighted by atomic mass is 16.1. The fraction of sp³-hybridized carbons (Fsp3) is 0.227. The van der Waals surface area contributed by atoms with E-state index in [2.05, 4.69) is 60.1 Å². The van der Waals surface area contributed by atoms with E-state index in [0.29, 0.717) is 6.42 Å². The fourth-order valence-electron chi connectivity index (χ4n) is 2.95. The quantitative estimate of drug-likeness (QED) is 0.679. The van der Waals surface area contributed by atoms with E-state index in [-0.39, 0.29) is 11.9 Å². The summed E-state index contributed by atoms with van der Waals surface area (Å²) in [7, 11) is 0. The number of anilines is 1. The SMILES string of the molecule is CCc1ccc(NC(=O)C[C@@H](c2ccc(C)cc2)n2cccc2)cc1. The van der Waals surface area contributed by atoms with Crippen LogP contribution in [0.1, 0.15) is 36.1 Å². The summed E-state index contributed by atoms with van der Waals surface area (Å²) < 4.78 is 2.09. The van der Waals surface area contributed by atoms with Crippen LogP contribution in [0.2, 0.25) is 0 Å². The molecule has 0 aliphatic carbocycles. The molecular weight excluding hydrogens is 308 g/mol. The maximum atomic E-state index is 12.6. The van der Waals surface area contributed by atoms with Crippen LogP contribution in [0.4, 0.5) is 5.69 Å². The predicted molar refractivity (Wildman–Crippen MR) is 103 cm³/mol. The minimum absolute atomic E-state index is 0.00878. The van der Waals surface area contributed by atoms with E-state index in [1.54, 1.807) is 0 Å². The normalized spacial score (nSPS) is 11.9. The van der Waals surface area contributed by atoms with Gasteiger partial charge in [-0.2, -0.15) is 0 Å². The summed E-state index contributed by atoms with van der Waals surface area (Å²) in [5.41, 5.74) is 4.47. The van der Waals surface area contributed by atoms with E-state index in [0.717, 1.165) is 17.7 Å². The lowest BCUT2D eigenvalue weighted by Gasteiger charge is -2.19. The molecule has 0 saturated heterocycles. The lowest BCUT2D eigenvalue weighted by atomic mass is 10.0. The molecule has 1 amide bonds. The molecule has 0 bridgehead atoms. The number of carbonyl (C=O) groups is 1. The smallest absolute Gasteiger partial charge is 0.226 e. The third-order valence-corrected chi connectivity index (χ3v) is 4.47. The Kier molecular flexibility index (Phi) is 5.34. The van der Waals surface area contributed by atoms with Crippen molar-refractivity contribution in [3.63, 3.8) is 0 Å². The molecule has 0 saturated carbocycles. The highest BCUT2D eigenvalue weighted by Crippen LogP contribution is 2.23. The molecule has 3 aromatic rings. The van der Waals surface area contributed by atoms with Gasteiger partial charge < -0.3 is 9.88 Å². The molecule has 1 atom stereocenters. The van der Waals surface area contributed by atoms with Gasteiger partial charge in [-0.25, -0.2) is 0 Å². The molecule has 0 aliphatic heterocycles. The Morgan fingerprint density at radius 3 is 2.24 bits per heavy atom. The zero-order valence-electron chi connectivity index (χ0n) is 14.8. The number of amides is 1. The first kappa shape index (κ1) is 17.0. The summed E-state index contributed by atoms with van der Waals surface area (Å²) >= 11 is 0. The Morgan fingerprint density at radius 2 is 1.64 bits per heavy atom. The Hall–Kier alpha value is -2.81. The summed E-state index contributed by atoms with van der Waals surface area (Å²) in [4.78, 5) is 12.6. The number of rotatable bonds is 6. The van der Waals surface area contributed by atoms with Crippen LogP contribution in [-0.4, -0.2) is 10.5 Å². The number of hydrogen-bond donors (Lipinski definition) is 1. The monoisotopic (exact) mass is 332 g/mol. The van der Waals surface area contributed by atoms with Crippen LogP contribution in [0.15, 0.2) is 73.1 Å². The van der Waals surface area contributed by atoms with Crippen molar-refractivity contribution < 1.29 is 4.79 Å². The fourth-order valence-corrected chi connectivity index (χ4v) is 2.95. The second kappa shape index (κ2) is 7.84. The van der Waals surface area contributed by atoms with Gasteiger partial charge >= 0.3 is 0 Å². The van der Waals surface area contributed by atoms with Gasteiger partial charge in [0.1, 0.15) is 0 Å². The molecule has 3 nitrogen and oxygen atoms in total.